The maximum atomic E-state index is 11.7. The summed E-state index contributed by atoms with van der Waals surface area (Å²) in [5.74, 6) is 0.400. The van der Waals surface area contributed by atoms with Gasteiger partial charge in [-0.3, -0.25) is 0 Å². The fourth-order valence-electron chi connectivity index (χ4n) is 2.39. The molecule has 2 fully saturated rings. The Morgan fingerprint density at radius 1 is 1.39 bits per heavy atom. The Balaban J connectivity index is 1.99. The summed E-state index contributed by atoms with van der Waals surface area (Å²) in [6.45, 7) is 0. The lowest BCUT2D eigenvalue weighted by Crippen LogP contribution is -2.36. The van der Waals surface area contributed by atoms with Crippen LogP contribution in [0.15, 0.2) is 24.3 Å². The predicted octanol–water partition coefficient (Wildman–Crippen LogP) is 2.34. The zero-order valence-corrected chi connectivity index (χ0v) is 12.5. The van der Waals surface area contributed by atoms with Gasteiger partial charge in [0.2, 0.25) is 0 Å². The lowest BCUT2D eigenvalue weighted by Gasteiger charge is -2.24. The Kier molecular flexibility index (Phi) is 3.09. The number of nitrogens with zero attached hydrogens (tertiary/aromatic N) is 1. The summed E-state index contributed by atoms with van der Waals surface area (Å²) < 4.78 is 24.1. The third kappa shape index (κ3) is 2.15. The van der Waals surface area contributed by atoms with E-state index in [-0.39, 0.29) is 22.8 Å². The van der Waals surface area contributed by atoms with Crippen LogP contribution in [0.25, 0.3) is 0 Å². The highest BCUT2D eigenvalue weighted by Crippen LogP contribution is 2.41. The first-order valence-corrected chi connectivity index (χ1v) is 8.91. The van der Waals surface area contributed by atoms with Crippen LogP contribution < -0.4 is 4.90 Å². The average molecular weight is 320 g/mol. The van der Waals surface area contributed by atoms with Gasteiger partial charge in [-0.15, -0.1) is 0 Å². The third-order valence-corrected chi connectivity index (χ3v) is 6.97. The van der Waals surface area contributed by atoms with E-state index in [9.17, 15) is 8.42 Å². The first kappa shape index (κ1) is 12.7. The first-order valence-electron chi connectivity index (χ1n) is 5.42. The molecule has 2 heterocycles. The molecule has 3 rings (SSSR count). The molecule has 0 saturated carbocycles. The number of anilines is 1. The number of benzene rings is 1. The molecule has 0 N–H and O–H groups in total. The lowest BCUT2D eigenvalue weighted by atomic mass is 10.2. The van der Waals surface area contributed by atoms with E-state index in [1.807, 2.05) is 23.1 Å². The van der Waals surface area contributed by atoms with Gasteiger partial charge in [0, 0.05) is 16.0 Å². The summed E-state index contributed by atoms with van der Waals surface area (Å²) in [5.41, 5.74) is 0.879. The minimum Gasteiger partial charge on any atom is -0.322 e. The molecule has 2 aliphatic heterocycles. The largest absolute Gasteiger partial charge is 0.322 e. The maximum absolute atomic E-state index is 11.7. The number of thioether (sulfide) groups is 1. The van der Waals surface area contributed by atoms with E-state index in [4.69, 9.17) is 23.8 Å². The van der Waals surface area contributed by atoms with Crippen molar-refractivity contribution in [1.82, 2.24) is 0 Å². The molecule has 2 saturated heterocycles. The van der Waals surface area contributed by atoms with Crippen molar-refractivity contribution in [2.45, 2.75) is 11.3 Å². The van der Waals surface area contributed by atoms with Crippen molar-refractivity contribution < 1.29 is 8.42 Å². The van der Waals surface area contributed by atoms with Crippen LogP contribution in [0.4, 0.5) is 5.69 Å². The van der Waals surface area contributed by atoms with Crippen molar-refractivity contribution in [2.24, 2.45) is 0 Å². The summed E-state index contributed by atoms with van der Waals surface area (Å²) in [6, 6.07) is 7.32. The summed E-state index contributed by atoms with van der Waals surface area (Å²) >= 11 is 12.8. The quantitative estimate of drug-likeness (QED) is 0.743. The molecule has 0 aromatic heterocycles. The van der Waals surface area contributed by atoms with Gasteiger partial charge in [-0.25, -0.2) is 8.42 Å². The first-order chi connectivity index (χ1) is 8.46. The molecule has 0 radical (unpaired) electrons. The fraction of sp³-hybridized carbons (Fsp3) is 0.364. The van der Waals surface area contributed by atoms with Crippen LogP contribution in [-0.2, 0) is 9.84 Å². The Morgan fingerprint density at radius 3 is 2.89 bits per heavy atom. The van der Waals surface area contributed by atoms with Crippen LogP contribution in [0.1, 0.15) is 0 Å². The molecule has 2 atom stereocenters. The molecule has 2 unspecified atom stereocenters. The van der Waals surface area contributed by atoms with Crippen molar-refractivity contribution in [3.05, 3.63) is 29.3 Å². The number of hydrogen-bond donors (Lipinski definition) is 0. The number of halogens is 1. The highest BCUT2D eigenvalue weighted by atomic mass is 35.5. The smallest absolute Gasteiger partial charge is 0.153 e. The monoisotopic (exact) mass is 319 g/mol. The van der Waals surface area contributed by atoms with Crippen LogP contribution >= 0.6 is 35.6 Å². The highest BCUT2D eigenvalue weighted by Gasteiger charge is 2.48. The van der Waals surface area contributed by atoms with Crippen LogP contribution in [0.2, 0.25) is 5.02 Å². The molecule has 7 heteroatoms. The molecule has 3 nitrogen and oxygen atoms in total. The van der Waals surface area contributed by atoms with Crippen LogP contribution in [0, 0.1) is 0 Å². The van der Waals surface area contributed by atoms with Gasteiger partial charge in [-0.2, -0.15) is 0 Å². The number of hydrogen-bond acceptors (Lipinski definition) is 4. The molecule has 1 aromatic carbocycles. The second-order valence-electron chi connectivity index (χ2n) is 4.42. The second kappa shape index (κ2) is 4.37. The van der Waals surface area contributed by atoms with Crippen LogP contribution in [0.3, 0.4) is 0 Å². The summed E-state index contributed by atoms with van der Waals surface area (Å²) in [4.78, 5) is 1.93. The molecule has 1 aromatic rings. The topological polar surface area (TPSA) is 37.4 Å². The van der Waals surface area contributed by atoms with Gasteiger partial charge in [-0.05, 0) is 18.2 Å². The predicted molar refractivity (Wildman–Crippen MR) is 80.3 cm³/mol. The van der Waals surface area contributed by atoms with E-state index in [1.165, 1.54) is 11.8 Å². The van der Waals surface area contributed by atoms with E-state index in [1.54, 1.807) is 6.07 Å². The maximum Gasteiger partial charge on any atom is 0.153 e. The van der Waals surface area contributed by atoms with Crippen LogP contribution in [-0.4, -0.2) is 35.5 Å². The molecule has 96 valence electrons. The summed E-state index contributed by atoms with van der Waals surface area (Å²) in [5, 5.41) is 0.686. The number of fused-ring (bicyclic) bond motifs is 1. The average Bonchev–Trinajstić information content (AvgIpc) is 2.68. The Hall–Kier alpha value is -0.300. The molecule has 18 heavy (non-hydrogen) atoms. The number of sulfone groups is 1. The number of thiocarbonyl (C=S) groups is 1. The normalized spacial score (nSPS) is 29.6. The van der Waals surface area contributed by atoms with Gasteiger partial charge in [0.15, 0.2) is 9.84 Å². The van der Waals surface area contributed by atoms with E-state index in [0.717, 1.165) is 10.0 Å². The van der Waals surface area contributed by atoms with Crippen molar-refractivity contribution in [3.63, 3.8) is 0 Å². The Morgan fingerprint density at radius 2 is 2.17 bits per heavy atom. The summed E-state index contributed by atoms with van der Waals surface area (Å²) in [6.07, 6.45) is 0. The molecular weight excluding hydrogens is 310 g/mol. The third-order valence-electron chi connectivity index (χ3n) is 3.14. The van der Waals surface area contributed by atoms with Gasteiger partial charge in [0.1, 0.15) is 4.32 Å². The minimum absolute atomic E-state index is 0.0500. The Bertz CT molecular complexity index is 616. The number of rotatable bonds is 1. The highest BCUT2D eigenvalue weighted by molar-refractivity contribution is 8.24. The zero-order chi connectivity index (χ0) is 12.9. The van der Waals surface area contributed by atoms with Gasteiger partial charge < -0.3 is 4.90 Å². The van der Waals surface area contributed by atoms with Gasteiger partial charge in [-0.1, -0.05) is 41.6 Å². The Labute approximate surface area is 120 Å². The lowest BCUT2D eigenvalue weighted by molar-refractivity contribution is 0.601. The van der Waals surface area contributed by atoms with Gasteiger partial charge in [0.25, 0.3) is 0 Å². The van der Waals surface area contributed by atoms with E-state index < -0.39 is 9.84 Å². The molecule has 0 amide bonds. The van der Waals surface area contributed by atoms with E-state index in [2.05, 4.69) is 0 Å². The molecule has 0 bridgehead atoms. The molecule has 2 aliphatic rings. The zero-order valence-electron chi connectivity index (χ0n) is 9.24. The van der Waals surface area contributed by atoms with Crippen LogP contribution in [0.5, 0.6) is 0 Å². The van der Waals surface area contributed by atoms with Crippen molar-refractivity contribution in [1.29, 1.82) is 0 Å². The molecule has 0 spiro atoms. The van der Waals surface area contributed by atoms with Crippen molar-refractivity contribution in [2.75, 3.05) is 16.4 Å². The van der Waals surface area contributed by atoms with Crippen molar-refractivity contribution in [3.8, 4) is 0 Å². The SMILES string of the molecule is O=S1(=O)CC2SC(=S)N(c3cccc(Cl)c3)C2C1. The standard InChI is InChI=1S/C11H10ClNO2S3/c12-7-2-1-3-8(4-7)13-9-5-18(14,15)6-10(9)17-11(13)16/h1-4,9-10H,5-6H2. The van der Waals surface area contributed by atoms with Crippen molar-refractivity contribution >= 4 is 55.4 Å². The van der Waals surface area contributed by atoms with Gasteiger partial charge in [0.05, 0.1) is 17.5 Å². The fourth-order valence-corrected chi connectivity index (χ4v) is 6.96. The minimum atomic E-state index is -2.94. The van der Waals surface area contributed by atoms with Gasteiger partial charge >= 0.3 is 0 Å². The second-order valence-corrected chi connectivity index (χ2v) is 8.88. The molecular formula is C11H10ClNO2S3. The van der Waals surface area contributed by atoms with E-state index >= 15 is 0 Å². The summed E-state index contributed by atoms with van der Waals surface area (Å²) in [7, 11) is -2.94. The van der Waals surface area contributed by atoms with E-state index in [0.29, 0.717) is 5.02 Å². The molecule has 0 aliphatic carbocycles.